The average molecular weight is 505 g/mol. The average Bonchev–Trinajstić information content (AvgIpc) is 3.14. The summed E-state index contributed by atoms with van der Waals surface area (Å²) in [5.74, 6) is -3.25. The molecule has 1 fully saturated rings. The minimum atomic E-state index is -1.26. The second-order valence-electron chi connectivity index (χ2n) is 9.50. The molecule has 35 heavy (non-hydrogen) atoms. The number of carbonyl (C=O) groups is 3. The Bertz CT molecular complexity index is 1310. The zero-order chi connectivity index (χ0) is 24.7. The fourth-order valence-electron chi connectivity index (χ4n) is 6.14. The standard InChI is InChI=1S/C28H22Cl2N2O3/c1-15-9-3-8-14-21(15)31-24(33)16(2)32-25(34)22-23(26(32)35)28(30)18-11-5-4-10-17(18)27(22,29)19-12-6-7-13-20(19)28/h3-14,16,22-23H,1-2H3,(H,31,33)/t16-,22-,23+,27?,28?/m0/s1. The molecule has 5 nitrogen and oxygen atoms in total. The number of hydrogen-bond acceptors (Lipinski definition) is 3. The number of anilines is 1. The number of likely N-dealkylation sites (tertiary alicyclic amines) is 1. The SMILES string of the molecule is Cc1ccccc1NC(=O)[C@H](C)N1C(=O)[C@@H]2[C@H](C1=O)C1(Cl)c3ccccc3C2(Cl)c2ccccc21. The second-order valence-corrected chi connectivity index (χ2v) is 10.7. The topological polar surface area (TPSA) is 66.5 Å². The molecule has 3 aromatic carbocycles. The van der Waals surface area contributed by atoms with Crippen LogP contribution in [0.4, 0.5) is 5.69 Å². The Balaban J connectivity index is 1.46. The van der Waals surface area contributed by atoms with Crippen LogP contribution in [-0.2, 0) is 24.1 Å². The first-order valence-electron chi connectivity index (χ1n) is 11.5. The number of benzene rings is 3. The van der Waals surface area contributed by atoms with Crippen LogP contribution >= 0.6 is 23.2 Å². The number of nitrogens with one attached hydrogen (secondary N) is 1. The molecule has 0 radical (unpaired) electrons. The highest BCUT2D eigenvalue weighted by molar-refractivity contribution is 6.36. The van der Waals surface area contributed by atoms with E-state index in [0.717, 1.165) is 32.7 Å². The molecule has 1 saturated heterocycles. The van der Waals surface area contributed by atoms with Crippen molar-refractivity contribution in [3.8, 4) is 0 Å². The highest BCUT2D eigenvalue weighted by atomic mass is 35.5. The Morgan fingerprint density at radius 3 is 1.63 bits per heavy atom. The van der Waals surface area contributed by atoms with Gasteiger partial charge in [0, 0.05) is 5.69 Å². The molecule has 4 aliphatic rings. The van der Waals surface area contributed by atoms with Crippen molar-refractivity contribution in [3.05, 3.63) is 101 Å². The van der Waals surface area contributed by atoms with E-state index in [4.69, 9.17) is 23.2 Å². The van der Waals surface area contributed by atoms with E-state index in [9.17, 15) is 14.4 Å². The number of para-hydroxylation sites is 1. The molecule has 0 saturated carbocycles. The number of halogens is 2. The Morgan fingerprint density at radius 1 is 0.800 bits per heavy atom. The van der Waals surface area contributed by atoms with Gasteiger partial charge in [0.1, 0.15) is 15.8 Å². The van der Waals surface area contributed by atoms with Crippen molar-refractivity contribution >= 4 is 46.6 Å². The lowest BCUT2D eigenvalue weighted by Gasteiger charge is -2.54. The Hall–Kier alpha value is -3.15. The van der Waals surface area contributed by atoms with E-state index >= 15 is 0 Å². The predicted octanol–water partition coefficient (Wildman–Crippen LogP) is 4.92. The van der Waals surface area contributed by atoms with Gasteiger partial charge in [-0.2, -0.15) is 0 Å². The lowest BCUT2D eigenvalue weighted by Crippen LogP contribution is -2.57. The molecule has 3 amide bonds. The van der Waals surface area contributed by atoms with Gasteiger partial charge in [-0.15, -0.1) is 23.2 Å². The third kappa shape index (κ3) is 2.68. The maximum Gasteiger partial charge on any atom is 0.247 e. The molecule has 1 aliphatic heterocycles. The fraction of sp³-hybridized carbons (Fsp3) is 0.250. The molecule has 0 unspecified atom stereocenters. The molecule has 3 aromatic rings. The number of aryl methyl sites for hydroxylation is 1. The van der Waals surface area contributed by atoms with Crippen LogP contribution in [0.5, 0.6) is 0 Å². The van der Waals surface area contributed by atoms with E-state index < -0.39 is 45.3 Å². The highest BCUT2D eigenvalue weighted by Gasteiger charge is 2.73. The largest absolute Gasteiger partial charge is 0.324 e. The minimum absolute atomic E-state index is 0.450. The van der Waals surface area contributed by atoms with E-state index in [1.54, 1.807) is 13.0 Å². The van der Waals surface area contributed by atoms with Crippen molar-refractivity contribution in [1.82, 2.24) is 4.90 Å². The molecule has 7 rings (SSSR count). The third-order valence-corrected chi connectivity index (χ3v) is 9.07. The van der Waals surface area contributed by atoms with E-state index in [0.29, 0.717) is 5.69 Å². The lowest BCUT2D eigenvalue weighted by atomic mass is 9.54. The van der Waals surface area contributed by atoms with Crippen LogP contribution in [0.15, 0.2) is 72.8 Å². The van der Waals surface area contributed by atoms with Gasteiger partial charge in [0.2, 0.25) is 17.7 Å². The predicted molar refractivity (Wildman–Crippen MR) is 134 cm³/mol. The summed E-state index contributed by atoms with van der Waals surface area (Å²) >= 11 is 14.8. The second kappa shape index (κ2) is 7.42. The summed E-state index contributed by atoms with van der Waals surface area (Å²) in [5.41, 5.74) is 4.44. The molecular weight excluding hydrogens is 483 g/mol. The fourth-order valence-corrected chi connectivity index (χ4v) is 7.24. The molecule has 1 N–H and O–H groups in total. The van der Waals surface area contributed by atoms with Gasteiger partial charge in [0.05, 0.1) is 11.8 Å². The van der Waals surface area contributed by atoms with Gasteiger partial charge in [0.15, 0.2) is 0 Å². The zero-order valence-corrected chi connectivity index (χ0v) is 20.6. The molecule has 2 bridgehead atoms. The number of carbonyl (C=O) groups excluding carboxylic acids is 3. The summed E-state index contributed by atoms with van der Waals surface area (Å²) in [4.78, 5) is 39.6. The van der Waals surface area contributed by atoms with Crippen molar-refractivity contribution in [2.75, 3.05) is 5.32 Å². The maximum absolute atomic E-state index is 14.0. The van der Waals surface area contributed by atoms with E-state index in [1.165, 1.54) is 0 Å². The maximum atomic E-state index is 14.0. The Morgan fingerprint density at radius 2 is 1.20 bits per heavy atom. The van der Waals surface area contributed by atoms with E-state index in [1.807, 2.05) is 73.7 Å². The van der Waals surface area contributed by atoms with E-state index in [-0.39, 0.29) is 0 Å². The van der Waals surface area contributed by atoms with Gasteiger partial charge >= 0.3 is 0 Å². The van der Waals surface area contributed by atoms with Crippen LogP contribution in [0.25, 0.3) is 0 Å². The van der Waals surface area contributed by atoms with Crippen LogP contribution < -0.4 is 5.32 Å². The summed E-state index contributed by atoms with van der Waals surface area (Å²) in [6, 6.07) is 21.2. The molecule has 3 aliphatic carbocycles. The number of hydrogen-bond donors (Lipinski definition) is 1. The molecule has 1 heterocycles. The summed E-state index contributed by atoms with van der Waals surface area (Å²) < 4.78 is 0. The first-order chi connectivity index (χ1) is 16.7. The van der Waals surface area contributed by atoms with Gasteiger partial charge in [0.25, 0.3) is 0 Å². The monoisotopic (exact) mass is 504 g/mol. The summed E-state index contributed by atoms with van der Waals surface area (Å²) in [6.45, 7) is 3.44. The Labute approximate surface area is 213 Å². The quantitative estimate of drug-likeness (QED) is 0.406. The van der Waals surface area contributed by atoms with Crippen molar-refractivity contribution in [2.24, 2.45) is 11.8 Å². The molecule has 176 valence electrons. The van der Waals surface area contributed by atoms with Crippen molar-refractivity contribution in [1.29, 1.82) is 0 Å². The molecule has 0 spiro atoms. The number of nitrogens with zero attached hydrogens (tertiary/aromatic N) is 1. The van der Waals surface area contributed by atoms with Crippen LogP contribution in [-0.4, -0.2) is 28.7 Å². The third-order valence-electron chi connectivity index (χ3n) is 7.79. The molecule has 0 aromatic heterocycles. The van der Waals surface area contributed by atoms with Crippen LogP contribution in [0, 0.1) is 18.8 Å². The van der Waals surface area contributed by atoms with E-state index in [2.05, 4.69) is 5.32 Å². The lowest BCUT2D eigenvalue weighted by molar-refractivity contribution is -0.146. The van der Waals surface area contributed by atoms with Gasteiger partial charge < -0.3 is 5.32 Å². The van der Waals surface area contributed by atoms with Crippen molar-refractivity contribution < 1.29 is 14.4 Å². The first-order valence-corrected chi connectivity index (χ1v) is 12.3. The van der Waals surface area contributed by atoms with Crippen LogP contribution in [0.3, 0.4) is 0 Å². The van der Waals surface area contributed by atoms with Gasteiger partial charge in [-0.3, -0.25) is 19.3 Å². The van der Waals surface area contributed by atoms with Crippen molar-refractivity contribution in [2.45, 2.75) is 29.6 Å². The summed E-state index contributed by atoms with van der Waals surface area (Å²) in [7, 11) is 0. The van der Waals surface area contributed by atoms with Gasteiger partial charge in [-0.1, -0.05) is 66.7 Å². The number of alkyl halides is 2. The smallest absolute Gasteiger partial charge is 0.247 e. The Kier molecular flexibility index (Phi) is 4.73. The summed E-state index contributed by atoms with van der Waals surface area (Å²) in [6.07, 6.45) is 0. The molecule has 7 heteroatoms. The molecular formula is C28H22Cl2N2O3. The normalized spacial score (nSPS) is 28.9. The number of rotatable bonds is 3. The number of amides is 3. The van der Waals surface area contributed by atoms with Crippen molar-refractivity contribution in [3.63, 3.8) is 0 Å². The van der Waals surface area contributed by atoms with Crippen LogP contribution in [0.1, 0.15) is 34.7 Å². The summed E-state index contributed by atoms with van der Waals surface area (Å²) in [5, 5.41) is 2.85. The zero-order valence-electron chi connectivity index (χ0n) is 19.1. The van der Waals surface area contributed by atoms with Gasteiger partial charge in [-0.05, 0) is 47.7 Å². The number of imide groups is 1. The molecule has 3 atom stereocenters. The first kappa shape index (κ1) is 22.3. The van der Waals surface area contributed by atoms with Crippen LogP contribution in [0.2, 0.25) is 0 Å². The highest BCUT2D eigenvalue weighted by Crippen LogP contribution is 2.69. The van der Waals surface area contributed by atoms with Gasteiger partial charge in [-0.25, -0.2) is 0 Å². The minimum Gasteiger partial charge on any atom is -0.324 e.